The normalized spacial score (nSPS) is 16.7. The lowest BCUT2D eigenvalue weighted by Crippen LogP contribution is -2.45. The van der Waals surface area contributed by atoms with Gasteiger partial charge in [-0.3, -0.25) is 0 Å². The van der Waals surface area contributed by atoms with Crippen LogP contribution in [0.1, 0.15) is 0 Å². The van der Waals surface area contributed by atoms with Gasteiger partial charge in [-0.15, -0.1) is 0 Å². The summed E-state index contributed by atoms with van der Waals surface area (Å²) in [6.45, 7) is 3.38. The van der Waals surface area contributed by atoms with E-state index in [1.807, 2.05) is 7.05 Å². The molecule has 0 saturated carbocycles. The number of benzene rings is 1. The van der Waals surface area contributed by atoms with Gasteiger partial charge < -0.3 is 20.3 Å². The van der Waals surface area contributed by atoms with Crippen LogP contribution in [-0.2, 0) is 0 Å². The summed E-state index contributed by atoms with van der Waals surface area (Å²) in [5.74, 6) is -0.994. The predicted molar refractivity (Wildman–Crippen MR) is 70.6 cm³/mol. The molecule has 6 heteroatoms. The molecule has 2 rings (SSSR count). The molecule has 1 fully saturated rings. The molecule has 0 atom stereocenters. The van der Waals surface area contributed by atoms with Crippen LogP contribution < -0.4 is 15.4 Å². The van der Waals surface area contributed by atoms with Crippen molar-refractivity contribution in [1.29, 1.82) is 0 Å². The van der Waals surface area contributed by atoms with Gasteiger partial charge in [-0.1, -0.05) is 0 Å². The Labute approximate surface area is 111 Å². The monoisotopic (exact) mass is 271 g/mol. The van der Waals surface area contributed by atoms with Gasteiger partial charge in [0.25, 0.3) is 0 Å². The minimum Gasteiger partial charge on any atom is -0.492 e. The quantitative estimate of drug-likeness (QED) is 0.889. The number of nitrogens with zero attached hydrogens (tertiary/aromatic N) is 2. The maximum absolute atomic E-state index is 14.0. The van der Waals surface area contributed by atoms with Crippen molar-refractivity contribution in [2.24, 2.45) is 5.73 Å². The summed E-state index contributed by atoms with van der Waals surface area (Å²) in [5, 5.41) is 0. The summed E-state index contributed by atoms with van der Waals surface area (Å²) in [6, 6.07) is 2.43. The van der Waals surface area contributed by atoms with Crippen molar-refractivity contribution in [2.45, 2.75) is 0 Å². The van der Waals surface area contributed by atoms with Crippen molar-refractivity contribution >= 4 is 5.69 Å². The van der Waals surface area contributed by atoms with Crippen LogP contribution in [0.2, 0.25) is 0 Å². The van der Waals surface area contributed by atoms with Gasteiger partial charge in [0.2, 0.25) is 0 Å². The van der Waals surface area contributed by atoms with E-state index >= 15 is 0 Å². The van der Waals surface area contributed by atoms with Crippen molar-refractivity contribution in [3.05, 3.63) is 23.8 Å². The number of nitrogens with two attached hydrogens (primary N) is 1. The number of hydrogen-bond donors (Lipinski definition) is 1. The molecule has 0 bridgehead atoms. The molecule has 19 heavy (non-hydrogen) atoms. The van der Waals surface area contributed by atoms with E-state index in [0.29, 0.717) is 19.6 Å². The lowest BCUT2D eigenvalue weighted by molar-refractivity contribution is 0.308. The highest BCUT2D eigenvalue weighted by Crippen LogP contribution is 2.28. The van der Waals surface area contributed by atoms with E-state index < -0.39 is 11.6 Å². The first-order valence-corrected chi connectivity index (χ1v) is 6.37. The van der Waals surface area contributed by atoms with Crippen LogP contribution in [0.3, 0.4) is 0 Å². The SMILES string of the molecule is CN1CCN(c2c(F)cc(OCCN)cc2F)CC1. The van der Waals surface area contributed by atoms with Crippen molar-refractivity contribution < 1.29 is 13.5 Å². The first-order valence-electron chi connectivity index (χ1n) is 6.37. The first-order chi connectivity index (χ1) is 9.11. The van der Waals surface area contributed by atoms with Crippen LogP contribution in [0.5, 0.6) is 5.75 Å². The summed E-state index contributed by atoms with van der Waals surface area (Å²) in [6.07, 6.45) is 0. The van der Waals surface area contributed by atoms with Gasteiger partial charge in [-0.05, 0) is 7.05 Å². The molecular weight excluding hydrogens is 252 g/mol. The minimum absolute atomic E-state index is 0.0354. The van der Waals surface area contributed by atoms with E-state index in [0.717, 1.165) is 13.1 Å². The van der Waals surface area contributed by atoms with Crippen molar-refractivity contribution in [3.63, 3.8) is 0 Å². The number of hydrogen-bond acceptors (Lipinski definition) is 4. The molecular formula is C13H19F2N3O. The minimum atomic E-state index is -0.587. The van der Waals surface area contributed by atoms with E-state index in [1.54, 1.807) is 4.90 Å². The second kappa shape index (κ2) is 6.16. The van der Waals surface area contributed by atoms with Gasteiger partial charge in [0.05, 0.1) is 0 Å². The Balaban J connectivity index is 2.16. The summed E-state index contributed by atoms with van der Waals surface area (Å²) in [4.78, 5) is 3.86. The largest absolute Gasteiger partial charge is 0.492 e. The molecule has 1 aromatic carbocycles. The highest BCUT2D eigenvalue weighted by atomic mass is 19.1. The average molecular weight is 271 g/mol. The lowest BCUT2D eigenvalue weighted by atomic mass is 10.2. The molecule has 0 aliphatic carbocycles. The van der Waals surface area contributed by atoms with Crippen LogP contribution in [-0.4, -0.2) is 51.3 Å². The van der Waals surface area contributed by atoms with E-state index in [2.05, 4.69) is 4.90 Å². The van der Waals surface area contributed by atoms with Gasteiger partial charge >= 0.3 is 0 Å². The fourth-order valence-electron chi connectivity index (χ4n) is 2.13. The van der Waals surface area contributed by atoms with Crippen molar-refractivity contribution in [2.75, 3.05) is 51.3 Å². The van der Waals surface area contributed by atoms with Crippen molar-refractivity contribution in [1.82, 2.24) is 4.90 Å². The average Bonchev–Trinajstić information content (AvgIpc) is 2.38. The third-order valence-corrected chi connectivity index (χ3v) is 3.20. The van der Waals surface area contributed by atoms with Crippen LogP contribution in [0.25, 0.3) is 0 Å². The molecule has 0 aromatic heterocycles. The zero-order valence-corrected chi connectivity index (χ0v) is 11.0. The van der Waals surface area contributed by atoms with Crippen LogP contribution in [0.4, 0.5) is 14.5 Å². The lowest BCUT2D eigenvalue weighted by Gasteiger charge is -2.34. The second-order valence-electron chi connectivity index (χ2n) is 4.66. The van der Waals surface area contributed by atoms with Gasteiger partial charge in [0.1, 0.15) is 18.0 Å². The standard InChI is InChI=1S/C13H19F2N3O/c1-17-3-5-18(6-4-17)13-11(14)8-10(9-12(13)15)19-7-2-16/h8-9H,2-7,16H2,1H3. The highest BCUT2D eigenvalue weighted by molar-refractivity contribution is 5.52. The Morgan fingerprint density at radius 1 is 1.16 bits per heavy atom. The fourth-order valence-corrected chi connectivity index (χ4v) is 2.13. The maximum atomic E-state index is 14.0. The first kappa shape index (κ1) is 14.0. The predicted octanol–water partition coefficient (Wildman–Crippen LogP) is 1.05. The number of halogens is 2. The molecule has 0 amide bonds. The third-order valence-electron chi connectivity index (χ3n) is 3.20. The summed E-state index contributed by atoms with van der Waals surface area (Å²) in [7, 11) is 1.99. The van der Waals surface area contributed by atoms with E-state index in [9.17, 15) is 8.78 Å². The molecule has 1 aromatic rings. The van der Waals surface area contributed by atoms with E-state index in [-0.39, 0.29) is 18.0 Å². The van der Waals surface area contributed by atoms with Gasteiger partial charge in [0, 0.05) is 44.9 Å². The number of anilines is 1. The Hall–Kier alpha value is -1.40. The van der Waals surface area contributed by atoms with Crippen molar-refractivity contribution in [3.8, 4) is 5.75 Å². The summed E-state index contributed by atoms with van der Waals surface area (Å²) >= 11 is 0. The fraction of sp³-hybridized carbons (Fsp3) is 0.538. The van der Waals surface area contributed by atoms with E-state index in [4.69, 9.17) is 10.5 Å². The van der Waals surface area contributed by atoms with Gasteiger partial charge in [0.15, 0.2) is 11.6 Å². The molecule has 1 aliphatic rings. The number of piperazine rings is 1. The van der Waals surface area contributed by atoms with Gasteiger partial charge in [-0.2, -0.15) is 0 Å². The maximum Gasteiger partial charge on any atom is 0.153 e. The molecule has 1 aliphatic heterocycles. The molecule has 0 unspecified atom stereocenters. The second-order valence-corrected chi connectivity index (χ2v) is 4.66. The molecule has 106 valence electrons. The zero-order valence-electron chi connectivity index (χ0n) is 11.0. The number of ether oxygens (including phenoxy) is 1. The zero-order chi connectivity index (χ0) is 13.8. The summed E-state index contributed by atoms with van der Waals surface area (Å²) < 4.78 is 33.2. The van der Waals surface area contributed by atoms with Crippen LogP contribution in [0, 0.1) is 11.6 Å². The Morgan fingerprint density at radius 2 is 1.74 bits per heavy atom. The summed E-state index contributed by atoms with van der Waals surface area (Å²) in [5.41, 5.74) is 5.32. The molecule has 0 spiro atoms. The molecule has 1 saturated heterocycles. The molecule has 1 heterocycles. The Morgan fingerprint density at radius 3 is 2.26 bits per heavy atom. The van der Waals surface area contributed by atoms with E-state index in [1.165, 1.54) is 12.1 Å². The topological polar surface area (TPSA) is 41.7 Å². The smallest absolute Gasteiger partial charge is 0.153 e. The van der Waals surface area contributed by atoms with Crippen LogP contribution in [0.15, 0.2) is 12.1 Å². The third kappa shape index (κ3) is 3.33. The van der Waals surface area contributed by atoms with Gasteiger partial charge in [-0.25, -0.2) is 8.78 Å². The highest BCUT2D eigenvalue weighted by Gasteiger charge is 2.21. The van der Waals surface area contributed by atoms with Crippen LogP contribution >= 0.6 is 0 Å². The number of likely N-dealkylation sites (N-methyl/N-ethyl adjacent to an activating group) is 1. The Kier molecular flexibility index (Phi) is 4.55. The molecule has 2 N–H and O–H groups in total. The molecule has 4 nitrogen and oxygen atoms in total. The number of rotatable bonds is 4. The Bertz CT molecular complexity index is 411. The molecule has 0 radical (unpaired) electrons.